The van der Waals surface area contributed by atoms with Gasteiger partial charge < -0.3 is 21.1 Å². The molecule has 11 nitrogen and oxygen atoms in total. The Hall–Kier alpha value is -4.06. The van der Waals surface area contributed by atoms with Gasteiger partial charge in [0.15, 0.2) is 0 Å². The molecule has 1 aliphatic rings. The number of nitrogens with one attached hydrogen (secondary N) is 3. The lowest BCUT2D eigenvalue weighted by molar-refractivity contribution is -0.124. The van der Waals surface area contributed by atoms with Crippen molar-refractivity contribution in [2.24, 2.45) is 22.0 Å². The number of hydrogen-bond acceptors (Lipinski definition) is 7. The zero-order valence-corrected chi connectivity index (χ0v) is 21.4. The standard InChI is InChI=1S/C26H30ClN7O4/c1-29-31-16-34(28)23-10-7-20(27)14-19(23)6-11-24(35)33-22(13-17-3-2-12-30-15-17)25(36)32-21-8-4-18(5-9-21)26(37)38/h4-11,14,16-17,22,30H,1-3,12-13,15,28H2,(H,32,36)(H,33,35)(H,37,38)/b11-6+,31-16-/t17?,22-/m0/s1. The van der Waals surface area contributed by atoms with Crippen LogP contribution in [0.5, 0.6) is 0 Å². The molecule has 2 atom stereocenters. The number of anilines is 2. The average Bonchev–Trinajstić information content (AvgIpc) is 2.91. The Kier molecular flexibility index (Phi) is 10.5. The molecule has 1 unspecified atom stereocenters. The van der Waals surface area contributed by atoms with Crippen molar-refractivity contribution < 1.29 is 19.5 Å². The van der Waals surface area contributed by atoms with Crippen molar-refractivity contribution in [3.8, 4) is 0 Å². The minimum atomic E-state index is -1.06. The maximum atomic E-state index is 13.1. The van der Waals surface area contributed by atoms with Crippen molar-refractivity contribution in [2.75, 3.05) is 23.4 Å². The first-order valence-electron chi connectivity index (χ1n) is 11.9. The molecule has 0 radical (unpaired) electrons. The number of rotatable bonds is 11. The minimum absolute atomic E-state index is 0.106. The second-order valence-corrected chi connectivity index (χ2v) is 9.13. The largest absolute Gasteiger partial charge is 0.478 e. The summed E-state index contributed by atoms with van der Waals surface area (Å²) < 4.78 is 0. The Morgan fingerprint density at radius 3 is 2.68 bits per heavy atom. The molecule has 200 valence electrons. The fourth-order valence-corrected chi connectivity index (χ4v) is 4.23. The van der Waals surface area contributed by atoms with E-state index in [4.69, 9.17) is 22.6 Å². The predicted octanol–water partition coefficient (Wildman–Crippen LogP) is 2.89. The van der Waals surface area contributed by atoms with Crippen LogP contribution in [0, 0.1) is 5.92 Å². The third kappa shape index (κ3) is 8.51. The number of benzene rings is 2. The van der Waals surface area contributed by atoms with Gasteiger partial charge in [0.1, 0.15) is 12.4 Å². The molecule has 6 N–H and O–H groups in total. The van der Waals surface area contributed by atoms with E-state index in [0.29, 0.717) is 28.4 Å². The fraction of sp³-hybridized carbons (Fsp3) is 0.269. The molecular formula is C26H30ClN7O4. The van der Waals surface area contributed by atoms with E-state index in [1.807, 2.05) is 0 Å². The molecule has 2 aromatic rings. The van der Waals surface area contributed by atoms with E-state index in [1.54, 1.807) is 18.2 Å². The number of aromatic carboxylic acids is 1. The maximum Gasteiger partial charge on any atom is 0.335 e. The molecule has 3 rings (SSSR count). The third-order valence-electron chi connectivity index (χ3n) is 5.94. The molecule has 1 aliphatic heterocycles. The summed E-state index contributed by atoms with van der Waals surface area (Å²) in [6.07, 6.45) is 6.46. The van der Waals surface area contributed by atoms with Crippen LogP contribution in [-0.2, 0) is 9.59 Å². The van der Waals surface area contributed by atoms with Gasteiger partial charge in [-0.1, -0.05) is 11.6 Å². The lowest BCUT2D eigenvalue weighted by Crippen LogP contribution is -2.46. The molecule has 0 aromatic heterocycles. The van der Waals surface area contributed by atoms with Gasteiger partial charge in [0.05, 0.1) is 11.3 Å². The molecule has 38 heavy (non-hydrogen) atoms. The van der Waals surface area contributed by atoms with Crippen molar-refractivity contribution in [2.45, 2.75) is 25.3 Å². The number of hydrazine groups is 1. The monoisotopic (exact) mass is 539 g/mol. The summed E-state index contributed by atoms with van der Waals surface area (Å²) in [4.78, 5) is 37.1. The SMILES string of the molecule is C=N/N=C\N(N)c1ccc(Cl)cc1/C=C/C(=O)N[C@@H](CC1CCCNC1)C(=O)Nc1ccc(C(=O)O)cc1. The molecule has 2 aromatic carbocycles. The number of amides is 2. The van der Waals surface area contributed by atoms with Crippen LogP contribution in [0.2, 0.25) is 5.02 Å². The highest BCUT2D eigenvalue weighted by Crippen LogP contribution is 2.24. The number of nitrogens with two attached hydrogens (primary N) is 1. The highest BCUT2D eigenvalue weighted by Gasteiger charge is 2.25. The van der Waals surface area contributed by atoms with Crippen molar-refractivity contribution in [3.63, 3.8) is 0 Å². The molecule has 0 saturated carbocycles. The van der Waals surface area contributed by atoms with Gasteiger partial charge in [0, 0.05) is 29.1 Å². The summed E-state index contributed by atoms with van der Waals surface area (Å²) >= 11 is 6.13. The fourth-order valence-electron chi connectivity index (χ4n) is 4.05. The number of piperidine rings is 1. The summed E-state index contributed by atoms with van der Waals surface area (Å²) in [5, 5.41) is 26.6. The number of carboxylic acids is 1. The Bertz CT molecular complexity index is 1210. The smallest absolute Gasteiger partial charge is 0.335 e. The van der Waals surface area contributed by atoms with Gasteiger partial charge in [0.25, 0.3) is 0 Å². The Balaban J connectivity index is 1.75. The number of hydrogen-bond donors (Lipinski definition) is 5. The van der Waals surface area contributed by atoms with E-state index in [9.17, 15) is 14.4 Å². The summed E-state index contributed by atoms with van der Waals surface area (Å²) in [5.41, 5.74) is 1.59. The van der Waals surface area contributed by atoms with Gasteiger partial charge in [-0.15, -0.1) is 5.10 Å². The molecule has 1 fully saturated rings. The zero-order valence-electron chi connectivity index (χ0n) is 20.6. The number of nitrogens with zero attached hydrogens (tertiary/aromatic N) is 3. The van der Waals surface area contributed by atoms with E-state index in [0.717, 1.165) is 25.9 Å². The molecule has 12 heteroatoms. The van der Waals surface area contributed by atoms with Crippen LogP contribution in [0.1, 0.15) is 35.2 Å². The van der Waals surface area contributed by atoms with Gasteiger partial charge >= 0.3 is 5.97 Å². The van der Waals surface area contributed by atoms with Gasteiger partial charge in [-0.05, 0) is 86.8 Å². The van der Waals surface area contributed by atoms with Crippen LogP contribution < -0.4 is 26.8 Å². The highest BCUT2D eigenvalue weighted by molar-refractivity contribution is 6.30. The summed E-state index contributed by atoms with van der Waals surface area (Å²) in [6.45, 7) is 4.94. The van der Waals surface area contributed by atoms with E-state index < -0.39 is 23.8 Å². The molecule has 2 amide bonds. The number of halogens is 1. The van der Waals surface area contributed by atoms with Gasteiger partial charge in [0.2, 0.25) is 11.8 Å². The van der Waals surface area contributed by atoms with Gasteiger partial charge in [-0.2, -0.15) is 5.10 Å². The Morgan fingerprint density at radius 2 is 2.03 bits per heavy atom. The lowest BCUT2D eigenvalue weighted by atomic mass is 9.92. The van der Waals surface area contributed by atoms with E-state index >= 15 is 0 Å². The Labute approximate surface area is 225 Å². The molecule has 0 bridgehead atoms. The van der Waals surface area contributed by atoms with Gasteiger partial charge in [-0.3, -0.25) is 14.6 Å². The van der Waals surface area contributed by atoms with E-state index in [-0.39, 0.29) is 11.5 Å². The first-order valence-corrected chi connectivity index (χ1v) is 12.3. The number of carboxylic acid groups (broad SMARTS) is 1. The second-order valence-electron chi connectivity index (χ2n) is 8.70. The topological polar surface area (TPSA) is 162 Å². The van der Waals surface area contributed by atoms with Crippen molar-refractivity contribution in [3.05, 3.63) is 64.7 Å². The lowest BCUT2D eigenvalue weighted by Gasteiger charge is -2.27. The predicted molar refractivity (Wildman–Crippen MR) is 149 cm³/mol. The van der Waals surface area contributed by atoms with E-state index in [2.05, 4.69) is 32.9 Å². The van der Waals surface area contributed by atoms with Gasteiger partial charge in [-0.25, -0.2) is 10.6 Å². The molecule has 0 aliphatic carbocycles. The summed E-state index contributed by atoms with van der Waals surface area (Å²) in [7, 11) is 0. The van der Waals surface area contributed by atoms with E-state index in [1.165, 1.54) is 47.8 Å². The maximum absolute atomic E-state index is 13.1. The Morgan fingerprint density at radius 1 is 1.26 bits per heavy atom. The first-order chi connectivity index (χ1) is 18.3. The van der Waals surface area contributed by atoms with Crippen LogP contribution in [0.3, 0.4) is 0 Å². The number of carbonyl (C=O) groups is 3. The highest BCUT2D eigenvalue weighted by atomic mass is 35.5. The zero-order chi connectivity index (χ0) is 27.5. The normalized spacial score (nSPS) is 16.2. The van der Waals surface area contributed by atoms with Crippen molar-refractivity contribution >= 4 is 59.9 Å². The van der Waals surface area contributed by atoms with Crippen LogP contribution in [0.4, 0.5) is 11.4 Å². The molecule has 1 heterocycles. The molecule has 1 saturated heterocycles. The average molecular weight is 540 g/mol. The summed E-state index contributed by atoms with van der Waals surface area (Å²) in [5.74, 6) is 4.26. The van der Waals surface area contributed by atoms with Crippen LogP contribution in [0.15, 0.2) is 58.7 Å². The molecule has 0 spiro atoms. The van der Waals surface area contributed by atoms with Crippen LogP contribution >= 0.6 is 11.6 Å². The van der Waals surface area contributed by atoms with Crippen LogP contribution in [0.25, 0.3) is 6.08 Å². The number of carbonyl (C=O) groups excluding carboxylic acids is 2. The minimum Gasteiger partial charge on any atom is -0.478 e. The molecular weight excluding hydrogens is 510 g/mol. The quantitative estimate of drug-likeness (QED) is 0.0963. The van der Waals surface area contributed by atoms with Crippen LogP contribution in [-0.4, -0.2) is 55.1 Å². The van der Waals surface area contributed by atoms with Crippen molar-refractivity contribution in [1.82, 2.24) is 10.6 Å². The third-order valence-corrected chi connectivity index (χ3v) is 6.18. The summed E-state index contributed by atoms with van der Waals surface area (Å²) in [6, 6.07) is 9.94. The first kappa shape index (κ1) is 28.5. The second kappa shape index (κ2) is 14.0. The van der Waals surface area contributed by atoms with Crippen molar-refractivity contribution in [1.29, 1.82) is 0 Å².